The lowest BCUT2D eigenvalue weighted by atomic mass is 9.96. The Bertz CT molecular complexity index is 736. The van der Waals surface area contributed by atoms with E-state index >= 15 is 0 Å². The zero-order valence-electron chi connectivity index (χ0n) is 16.9. The van der Waals surface area contributed by atoms with Gasteiger partial charge in [-0.25, -0.2) is 0 Å². The summed E-state index contributed by atoms with van der Waals surface area (Å²) in [6.45, 7) is 5.55. The lowest BCUT2D eigenvalue weighted by Gasteiger charge is -2.36. The van der Waals surface area contributed by atoms with Gasteiger partial charge in [-0.15, -0.1) is 5.92 Å². The highest BCUT2D eigenvalue weighted by atomic mass is 16.2. The molecular formula is C22H30N4O2. The average molecular weight is 383 g/mol. The van der Waals surface area contributed by atoms with E-state index in [2.05, 4.69) is 27.0 Å². The third kappa shape index (κ3) is 5.25. The van der Waals surface area contributed by atoms with E-state index in [1.165, 1.54) is 0 Å². The van der Waals surface area contributed by atoms with Crippen LogP contribution in [0.2, 0.25) is 0 Å². The topological polar surface area (TPSA) is 65.5 Å². The van der Waals surface area contributed by atoms with Gasteiger partial charge in [0.2, 0.25) is 11.8 Å². The minimum absolute atomic E-state index is 0.0623. The Balaban J connectivity index is 1.62. The van der Waals surface area contributed by atoms with Crippen LogP contribution in [0.4, 0.5) is 5.69 Å². The lowest BCUT2D eigenvalue weighted by Crippen LogP contribution is -2.49. The maximum absolute atomic E-state index is 13.3. The molecular weight excluding hydrogens is 352 g/mol. The van der Waals surface area contributed by atoms with Crippen LogP contribution in [-0.4, -0.2) is 53.4 Å². The number of carbonyl (C=O) groups excluding carboxylic acids is 2. The van der Waals surface area contributed by atoms with Gasteiger partial charge in [0.15, 0.2) is 0 Å². The Labute approximate surface area is 167 Å². The van der Waals surface area contributed by atoms with Gasteiger partial charge in [0.05, 0.1) is 18.5 Å². The second-order valence-corrected chi connectivity index (χ2v) is 7.61. The van der Waals surface area contributed by atoms with Crippen molar-refractivity contribution in [1.29, 1.82) is 0 Å². The van der Waals surface area contributed by atoms with Crippen LogP contribution in [0.15, 0.2) is 24.5 Å². The lowest BCUT2D eigenvalue weighted by molar-refractivity contribution is -0.140. The van der Waals surface area contributed by atoms with E-state index in [1.54, 1.807) is 19.3 Å². The first-order chi connectivity index (χ1) is 13.6. The van der Waals surface area contributed by atoms with Crippen molar-refractivity contribution in [3.63, 3.8) is 0 Å². The highest BCUT2D eigenvalue weighted by Crippen LogP contribution is 2.31. The van der Waals surface area contributed by atoms with E-state index in [9.17, 15) is 9.59 Å². The number of anilines is 1. The van der Waals surface area contributed by atoms with Crippen molar-refractivity contribution in [2.45, 2.75) is 58.0 Å². The molecule has 0 bridgehead atoms. The Hall–Kier alpha value is -2.55. The van der Waals surface area contributed by atoms with Gasteiger partial charge in [-0.1, -0.05) is 12.8 Å². The SMILES string of the molecule is CC#C[C@H](CC)NC(=O)CN(C(=O)C1CCCN(c2ccncc2)C1)C1CC1. The molecule has 1 aliphatic carbocycles. The smallest absolute Gasteiger partial charge is 0.240 e. The van der Waals surface area contributed by atoms with Crippen molar-refractivity contribution in [3.8, 4) is 11.8 Å². The molecule has 2 atom stereocenters. The van der Waals surface area contributed by atoms with E-state index in [0.717, 1.165) is 44.3 Å². The number of rotatable bonds is 7. The number of aromatic nitrogens is 1. The predicted octanol–water partition coefficient (Wildman–Crippen LogP) is 2.21. The molecule has 0 radical (unpaired) electrons. The monoisotopic (exact) mass is 382 g/mol. The average Bonchev–Trinajstić information content (AvgIpc) is 3.57. The van der Waals surface area contributed by atoms with Crippen molar-refractivity contribution in [2.75, 3.05) is 24.5 Å². The molecule has 1 aromatic heterocycles. The number of hydrogen-bond donors (Lipinski definition) is 1. The van der Waals surface area contributed by atoms with Gasteiger partial charge >= 0.3 is 0 Å². The molecule has 1 unspecified atom stereocenters. The van der Waals surface area contributed by atoms with Gasteiger partial charge in [0.1, 0.15) is 0 Å². The molecule has 0 spiro atoms. The molecule has 0 aromatic carbocycles. The summed E-state index contributed by atoms with van der Waals surface area (Å²) in [6.07, 6.45) is 8.17. The molecule has 1 saturated heterocycles. The fourth-order valence-electron chi connectivity index (χ4n) is 3.78. The van der Waals surface area contributed by atoms with Crippen LogP contribution < -0.4 is 10.2 Å². The quantitative estimate of drug-likeness (QED) is 0.735. The van der Waals surface area contributed by atoms with Gasteiger partial charge in [-0.05, 0) is 51.2 Å². The van der Waals surface area contributed by atoms with Crippen LogP contribution in [0.5, 0.6) is 0 Å². The number of piperidine rings is 1. The number of hydrogen-bond acceptors (Lipinski definition) is 4. The van der Waals surface area contributed by atoms with E-state index in [1.807, 2.05) is 24.0 Å². The van der Waals surface area contributed by atoms with Crippen LogP contribution in [0.1, 0.15) is 46.0 Å². The Morgan fingerprint density at radius 2 is 2.07 bits per heavy atom. The third-order valence-electron chi connectivity index (χ3n) is 5.45. The number of nitrogens with zero attached hydrogens (tertiary/aromatic N) is 3. The molecule has 1 saturated carbocycles. The van der Waals surface area contributed by atoms with Gasteiger partial charge in [0, 0.05) is 37.2 Å². The first-order valence-corrected chi connectivity index (χ1v) is 10.3. The molecule has 1 aliphatic heterocycles. The summed E-state index contributed by atoms with van der Waals surface area (Å²) >= 11 is 0. The van der Waals surface area contributed by atoms with E-state index in [0.29, 0.717) is 6.54 Å². The normalized spacial score (nSPS) is 19.9. The minimum atomic E-state index is -0.148. The zero-order chi connectivity index (χ0) is 19.9. The number of carbonyl (C=O) groups is 2. The van der Waals surface area contributed by atoms with Crippen LogP contribution in [0.25, 0.3) is 0 Å². The van der Waals surface area contributed by atoms with Crippen molar-refractivity contribution >= 4 is 17.5 Å². The standard InChI is InChI=1S/C22H30N4O2/c1-3-6-18(4-2)24-21(27)16-26(20-8-9-20)22(28)17-7-5-14-25(15-17)19-10-12-23-13-11-19/h10-13,17-18,20H,4-5,7-9,14-16H2,1-2H3,(H,24,27)/t17?,18-/m0/s1. The zero-order valence-corrected chi connectivity index (χ0v) is 16.9. The van der Waals surface area contributed by atoms with Crippen molar-refractivity contribution in [2.24, 2.45) is 5.92 Å². The number of pyridine rings is 1. The van der Waals surface area contributed by atoms with E-state index in [4.69, 9.17) is 0 Å². The highest BCUT2D eigenvalue weighted by Gasteiger charge is 2.38. The predicted molar refractivity (Wildman–Crippen MR) is 110 cm³/mol. The van der Waals surface area contributed by atoms with Crippen molar-refractivity contribution < 1.29 is 9.59 Å². The summed E-state index contributed by atoms with van der Waals surface area (Å²) in [6, 6.07) is 4.04. The Morgan fingerprint density at radius 3 is 2.71 bits per heavy atom. The number of amides is 2. The first kappa shape index (κ1) is 20.2. The molecule has 2 aliphatic rings. The maximum atomic E-state index is 13.3. The van der Waals surface area contributed by atoms with E-state index in [-0.39, 0.29) is 36.4 Å². The fourth-order valence-corrected chi connectivity index (χ4v) is 3.78. The largest absolute Gasteiger partial charge is 0.371 e. The van der Waals surface area contributed by atoms with Crippen LogP contribution >= 0.6 is 0 Å². The summed E-state index contributed by atoms with van der Waals surface area (Å²) < 4.78 is 0. The summed E-state index contributed by atoms with van der Waals surface area (Å²) in [7, 11) is 0. The van der Waals surface area contributed by atoms with Crippen molar-refractivity contribution in [1.82, 2.24) is 15.2 Å². The van der Waals surface area contributed by atoms with Crippen LogP contribution in [-0.2, 0) is 9.59 Å². The van der Waals surface area contributed by atoms with Gasteiger partial charge in [0.25, 0.3) is 0 Å². The minimum Gasteiger partial charge on any atom is -0.371 e. The first-order valence-electron chi connectivity index (χ1n) is 10.3. The van der Waals surface area contributed by atoms with Gasteiger partial charge in [-0.3, -0.25) is 14.6 Å². The molecule has 1 aromatic rings. The molecule has 6 nitrogen and oxygen atoms in total. The number of nitrogens with one attached hydrogen (secondary N) is 1. The molecule has 1 N–H and O–H groups in total. The second-order valence-electron chi connectivity index (χ2n) is 7.61. The molecule has 150 valence electrons. The summed E-state index contributed by atoms with van der Waals surface area (Å²) in [5.41, 5.74) is 1.10. The Kier molecular flexibility index (Phi) is 6.91. The van der Waals surface area contributed by atoms with Crippen LogP contribution in [0, 0.1) is 17.8 Å². The fraction of sp³-hybridized carbons (Fsp3) is 0.591. The van der Waals surface area contributed by atoms with E-state index < -0.39 is 0 Å². The molecule has 3 rings (SSSR count). The maximum Gasteiger partial charge on any atom is 0.240 e. The highest BCUT2D eigenvalue weighted by molar-refractivity contribution is 5.87. The van der Waals surface area contributed by atoms with Crippen molar-refractivity contribution in [3.05, 3.63) is 24.5 Å². The van der Waals surface area contributed by atoms with Crippen LogP contribution in [0.3, 0.4) is 0 Å². The van der Waals surface area contributed by atoms with Gasteiger partial charge < -0.3 is 15.1 Å². The Morgan fingerprint density at radius 1 is 1.32 bits per heavy atom. The second kappa shape index (κ2) is 9.59. The molecule has 2 fully saturated rings. The third-order valence-corrected chi connectivity index (χ3v) is 5.45. The summed E-state index contributed by atoms with van der Waals surface area (Å²) in [5, 5.41) is 2.95. The summed E-state index contributed by atoms with van der Waals surface area (Å²) in [5.74, 6) is 5.79. The summed E-state index contributed by atoms with van der Waals surface area (Å²) in [4.78, 5) is 33.9. The van der Waals surface area contributed by atoms with Gasteiger partial charge in [-0.2, -0.15) is 0 Å². The molecule has 6 heteroatoms. The molecule has 2 heterocycles. The molecule has 28 heavy (non-hydrogen) atoms. The molecule has 2 amide bonds.